The van der Waals surface area contributed by atoms with Crippen molar-refractivity contribution < 1.29 is 181 Å². The fourth-order valence-electron chi connectivity index (χ4n) is 8.43. The summed E-state index contributed by atoms with van der Waals surface area (Å²) >= 11 is 3.40. The van der Waals surface area contributed by atoms with Crippen molar-refractivity contribution in [3.05, 3.63) is 169 Å². The number of aromatic nitrogens is 8. The van der Waals surface area contributed by atoms with Crippen LogP contribution >= 0.6 is 15.9 Å². The van der Waals surface area contributed by atoms with Crippen molar-refractivity contribution in [2.24, 2.45) is 5.92 Å². The molecule has 0 saturated carbocycles. The second kappa shape index (κ2) is 29.5. The van der Waals surface area contributed by atoms with Gasteiger partial charge in [-0.3, -0.25) is 14.8 Å². The summed E-state index contributed by atoms with van der Waals surface area (Å²) < 4.78 is 50.1. The van der Waals surface area contributed by atoms with Crippen molar-refractivity contribution in [3.63, 3.8) is 0 Å². The molecule has 4 N–H and O–H groups in total. The first-order chi connectivity index (χ1) is 37.0. The van der Waals surface area contributed by atoms with Gasteiger partial charge in [0, 0.05) is 55.7 Å². The van der Waals surface area contributed by atoms with E-state index < -0.39 is 18.3 Å². The van der Waals surface area contributed by atoms with Crippen LogP contribution in [0.25, 0.3) is 78.0 Å². The molecule has 0 spiro atoms. The van der Waals surface area contributed by atoms with Gasteiger partial charge in [0.2, 0.25) is 0 Å². The van der Waals surface area contributed by atoms with Gasteiger partial charge in [-0.05, 0) is 173 Å². The molecule has 0 aliphatic carbocycles. The number of aryl methyl sites for hydroxylation is 4. The summed E-state index contributed by atoms with van der Waals surface area (Å²) in [6.45, 7) is 21.8. The summed E-state index contributed by atoms with van der Waals surface area (Å²) in [7, 11) is -0.589. The molecule has 4 aromatic carbocycles. The number of carbonyl (C=O) groups excluding carboxylic acids is 1. The summed E-state index contributed by atoms with van der Waals surface area (Å²) in [5.74, 6) is 1.70. The Kier molecular flexibility index (Phi) is 24.6. The molecule has 6 aromatic heterocycles. The first-order valence-corrected chi connectivity index (χ1v) is 25.4. The van der Waals surface area contributed by atoms with Crippen LogP contribution in [0.5, 0.6) is 0 Å². The molecule has 10 aromatic rings. The number of rotatable bonds is 7. The van der Waals surface area contributed by atoms with E-state index in [1.54, 1.807) is 36.7 Å². The second-order valence-electron chi connectivity index (χ2n) is 19.8. The molecule has 406 valence electrons. The van der Waals surface area contributed by atoms with Crippen LogP contribution in [0, 0.1) is 45.2 Å². The van der Waals surface area contributed by atoms with Crippen LogP contribution < -0.4 is 160 Å². The topological polar surface area (TPSA) is 243 Å². The number of imidazole rings is 2. The van der Waals surface area contributed by atoms with Gasteiger partial charge in [-0.15, -0.1) is 0 Å². The van der Waals surface area contributed by atoms with Gasteiger partial charge in [-0.2, -0.15) is 0 Å². The maximum atomic E-state index is 13.4. The molecule has 0 amide bonds. The molecule has 0 radical (unpaired) electrons. The maximum absolute atomic E-state index is 13.4. The molecule has 11 rings (SSSR count). The third-order valence-electron chi connectivity index (χ3n) is 12.6. The first kappa shape index (κ1) is 66.8. The molecule has 1 aliphatic rings. The van der Waals surface area contributed by atoms with E-state index in [4.69, 9.17) is 28.4 Å². The summed E-state index contributed by atoms with van der Waals surface area (Å²) in [4.78, 5) is 55.4. The summed E-state index contributed by atoms with van der Waals surface area (Å²) in [5, 5.41) is 16.5. The Hall–Kier alpha value is -4.00. The Bertz CT molecular complexity index is 3770. The largest absolute Gasteiger partial charge is 1.00 e. The van der Waals surface area contributed by atoms with Crippen molar-refractivity contribution >= 4 is 57.1 Å². The number of nitrogens with zero attached hydrogens (tertiary/aromatic N) is 4. The Morgan fingerprint density at radius 3 is 1.51 bits per heavy atom. The Morgan fingerprint density at radius 1 is 0.637 bits per heavy atom. The molecular formula is C57H58BBrCs2F2N8O9. The van der Waals surface area contributed by atoms with Crippen molar-refractivity contribution in [2.75, 3.05) is 0 Å². The van der Waals surface area contributed by atoms with Crippen LogP contribution in [0.4, 0.5) is 8.78 Å². The maximum Gasteiger partial charge on any atom is 1.00 e. The van der Waals surface area contributed by atoms with Crippen LogP contribution in [-0.2, 0) is 19.0 Å². The average molecular weight is 1390 g/mol. The van der Waals surface area contributed by atoms with Gasteiger partial charge in [-0.25, -0.2) is 18.4 Å². The monoisotopic (exact) mass is 1390 g/mol. The third-order valence-corrected chi connectivity index (χ3v) is 13.2. The minimum absolute atomic E-state index is 0. The molecule has 1 aliphatic heterocycles. The van der Waals surface area contributed by atoms with Gasteiger partial charge in [-0.1, -0.05) is 43.2 Å². The number of H-pyrrole nitrogens is 4. The fraction of sp³-hybridized carbons (Fsp3) is 0.246. The third kappa shape index (κ3) is 16.2. The Labute approximate surface area is 588 Å². The zero-order chi connectivity index (χ0) is 56.6. The molecule has 1 fully saturated rings. The van der Waals surface area contributed by atoms with Gasteiger partial charge < -0.3 is 49.9 Å². The number of nitrogens with one attached hydrogen (secondary N) is 4. The van der Waals surface area contributed by atoms with Crippen molar-refractivity contribution in [3.8, 4) is 55.9 Å². The average Bonchev–Trinajstić information content (AvgIpc) is 4.26. The summed E-state index contributed by atoms with van der Waals surface area (Å²) in [6.07, 6.45) is 3.40. The van der Waals surface area contributed by atoms with E-state index in [0.717, 1.165) is 83.2 Å². The van der Waals surface area contributed by atoms with E-state index in [2.05, 4.69) is 81.8 Å². The number of hydrogen-bond acceptors (Lipinski definition) is 13. The molecule has 17 nitrogen and oxygen atoms in total. The number of hydrogen-bond donors (Lipinski definition) is 4. The number of fused-ring (bicyclic) bond motifs is 2. The predicted octanol–water partition coefficient (Wildman–Crippen LogP) is 5.29. The van der Waals surface area contributed by atoms with Gasteiger partial charge in [0.1, 0.15) is 23.2 Å². The van der Waals surface area contributed by atoms with Gasteiger partial charge in [0.25, 0.3) is 6.47 Å². The number of halogens is 3. The smallest absolute Gasteiger partial charge is 1.00 e. The van der Waals surface area contributed by atoms with Crippen molar-refractivity contribution in [2.45, 2.75) is 87.4 Å². The quantitative estimate of drug-likeness (QED) is 0.0687. The number of pyridine rings is 2. The zero-order valence-corrected chi connectivity index (χ0v) is 60.9. The Balaban J connectivity index is 0.000000251. The van der Waals surface area contributed by atoms with E-state index in [-0.39, 0.29) is 169 Å². The minimum atomic E-state index is -0.589. The van der Waals surface area contributed by atoms with E-state index in [0.29, 0.717) is 33.5 Å². The predicted molar refractivity (Wildman–Crippen MR) is 298 cm³/mol. The SMILES string of the molecule is CC(C)C.Cc1noc(C)c1-c1cc(-c2cccnc2-c2ccc(F)cc2)c2[nH]c(=O)[nH]c2c1.Cc1noc(C)c1-c1cc(B2OC(C)(C)C(C)(C)O2)c2[nH]c(=O)[nH]c2c1.Fc1ccc(-c2ncccc2Br)cc1.O=CO[O-].[Cs+].[Cs+].[H-]. The van der Waals surface area contributed by atoms with Crippen LogP contribution in [0.15, 0.2) is 133 Å². The summed E-state index contributed by atoms with van der Waals surface area (Å²) in [5.41, 5.74) is 11.9. The number of carbonyl (C=O) groups is 1. The standard InChI is InChI=1S/C23H17FN4O2.C18H22BN3O4.C11H7BrFN.C4H10.CH2O3.2Cs.H/c1-12-20(13(2)30-28-12)15-10-18(22-19(11-15)26-23(29)27-22)17-4-3-9-25-21(17)14-5-7-16(24)8-6-14;1-9-14(10(2)24-22-9)11-7-12(15-13(8-11)20-16(23)21-15)19-25-17(3,4)18(5,6)26-19;12-10-2-1-7-14-11(10)8-3-5-9(13)6-4-8;1-4(2)3;2-1-4-3;;;/h3-11H,1-2H3,(H2,26,27,29);7-8H,1-6H3,(H2,20,21,23);1-7H;4H,1-3H3;1,3H;;;/q;;;;;2*+1;-1/p-1. The number of benzene rings is 4. The molecule has 23 heteroatoms. The summed E-state index contributed by atoms with van der Waals surface area (Å²) in [6, 6.07) is 27.8. The van der Waals surface area contributed by atoms with Crippen LogP contribution in [0.1, 0.15) is 72.8 Å². The van der Waals surface area contributed by atoms with Crippen molar-refractivity contribution in [1.82, 2.24) is 40.2 Å². The van der Waals surface area contributed by atoms with Crippen LogP contribution in [0.2, 0.25) is 0 Å². The van der Waals surface area contributed by atoms with Gasteiger partial charge in [0.05, 0.1) is 56.0 Å². The Morgan fingerprint density at radius 2 is 1.06 bits per heavy atom. The first-order valence-electron chi connectivity index (χ1n) is 24.6. The molecule has 7 heterocycles. The minimum Gasteiger partial charge on any atom is -1.00 e. The molecule has 0 atom stereocenters. The molecular weight excluding hydrogens is 1340 g/mol. The molecule has 1 saturated heterocycles. The van der Waals surface area contributed by atoms with Crippen LogP contribution in [-0.4, -0.2) is 65.0 Å². The second-order valence-corrected chi connectivity index (χ2v) is 20.6. The zero-order valence-electron chi connectivity index (χ0n) is 47.7. The van der Waals surface area contributed by atoms with Gasteiger partial charge in [0.15, 0.2) is 0 Å². The van der Waals surface area contributed by atoms with Crippen molar-refractivity contribution in [1.29, 1.82) is 0 Å². The van der Waals surface area contributed by atoms with E-state index in [1.165, 1.54) is 24.3 Å². The van der Waals surface area contributed by atoms with E-state index >= 15 is 0 Å². The number of aromatic amines is 4. The molecule has 0 bridgehead atoms. The molecule has 0 unspecified atom stereocenters. The molecule has 80 heavy (non-hydrogen) atoms. The normalized spacial score (nSPS) is 12.8. The van der Waals surface area contributed by atoms with E-state index in [1.807, 2.05) is 104 Å². The van der Waals surface area contributed by atoms with Crippen LogP contribution in [0.3, 0.4) is 0 Å². The van der Waals surface area contributed by atoms with Gasteiger partial charge >= 0.3 is 156 Å². The fourth-order valence-corrected chi connectivity index (χ4v) is 8.91. The van der Waals surface area contributed by atoms with E-state index in [9.17, 15) is 18.4 Å².